The Bertz CT molecular complexity index is 479. The first-order chi connectivity index (χ1) is 8.93. The first kappa shape index (κ1) is 14.9. The summed E-state index contributed by atoms with van der Waals surface area (Å²) in [5.41, 5.74) is -0.628. The molecule has 1 rings (SSSR count). The van der Waals surface area contributed by atoms with E-state index in [9.17, 15) is 19.3 Å². The van der Waals surface area contributed by atoms with Gasteiger partial charge in [-0.05, 0) is 19.4 Å². The van der Waals surface area contributed by atoms with Crippen molar-refractivity contribution < 1.29 is 18.8 Å². The number of nitrogens with one attached hydrogen (secondary N) is 1. The van der Waals surface area contributed by atoms with Crippen LogP contribution < -0.4 is 10.1 Å². The minimum Gasteiger partial charge on any atom is -0.484 e. The van der Waals surface area contributed by atoms with E-state index < -0.39 is 16.4 Å². The molecule has 1 amide bonds. The highest BCUT2D eigenvalue weighted by Gasteiger charge is 2.14. The zero-order valence-corrected chi connectivity index (χ0v) is 10.7. The number of nitro groups is 1. The molecule has 1 aromatic rings. The minimum absolute atomic E-state index is 0.0321. The monoisotopic (exact) mass is 270 g/mol. The van der Waals surface area contributed by atoms with E-state index in [2.05, 4.69) is 5.32 Å². The van der Waals surface area contributed by atoms with Crippen molar-refractivity contribution in [2.75, 3.05) is 6.61 Å². The first-order valence-electron chi connectivity index (χ1n) is 5.80. The van der Waals surface area contributed by atoms with Crippen LogP contribution in [0, 0.1) is 15.9 Å². The fraction of sp³-hybridized carbons (Fsp3) is 0.417. The molecule has 1 atom stereocenters. The lowest BCUT2D eigenvalue weighted by Gasteiger charge is -2.12. The van der Waals surface area contributed by atoms with Crippen molar-refractivity contribution in [2.45, 2.75) is 26.3 Å². The number of amides is 1. The van der Waals surface area contributed by atoms with Crippen molar-refractivity contribution >= 4 is 11.6 Å². The summed E-state index contributed by atoms with van der Waals surface area (Å²) in [7, 11) is 0. The smallest absolute Gasteiger partial charge is 0.305 e. The zero-order chi connectivity index (χ0) is 14.4. The highest BCUT2D eigenvalue weighted by Crippen LogP contribution is 2.22. The average molecular weight is 270 g/mol. The average Bonchev–Trinajstić information content (AvgIpc) is 2.35. The Hall–Kier alpha value is -2.18. The number of nitro benzene ring substituents is 1. The Labute approximate surface area is 109 Å². The summed E-state index contributed by atoms with van der Waals surface area (Å²) in [6.07, 6.45) is 0.790. The van der Waals surface area contributed by atoms with Gasteiger partial charge in [0, 0.05) is 18.2 Å². The van der Waals surface area contributed by atoms with E-state index in [1.165, 1.54) is 6.07 Å². The van der Waals surface area contributed by atoms with E-state index in [1.807, 2.05) is 13.8 Å². The molecule has 0 aliphatic carbocycles. The normalized spacial score (nSPS) is 11.7. The molecule has 0 aliphatic heterocycles. The van der Waals surface area contributed by atoms with Crippen LogP contribution in [0.4, 0.5) is 10.1 Å². The number of hydrogen-bond acceptors (Lipinski definition) is 4. The van der Waals surface area contributed by atoms with Gasteiger partial charge in [-0.1, -0.05) is 6.92 Å². The van der Waals surface area contributed by atoms with Gasteiger partial charge in [0.05, 0.1) is 4.92 Å². The third kappa shape index (κ3) is 4.53. The predicted molar refractivity (Wildman–Crippen MR) is 66.4 cm³/mol. The van der Waals surface area contributed by atoms with Gasteiger partial charge in [0.15, 0.2) is 6.61 Å². The third-order valence-corrected chi connectivity index (χ3v) is 2.51. The molecule has 0 bridgehead atoms. The van der Waals surface area contributed by atoms with Gasteiger partial charge in [0.25, 0.3) is 5.91 Å². The molecule has 0 aromatic heterocycles. The fourth-order valence-corrected chi connectivity index (χ4v) is 1.29. The number of benzene rings is 1. The Morgan fingerprint density at radius 1 is 1.58 bits per heavy atom. The van der Waals surface area contributed by atoms with E-state index in [0.29, 0.717) is 0 Å². The summed E-state index contributed by atoms with van der Waals surface area (Å²) in [6, 6.07) is 3.16. The second-order valence-corrected chi connectivity index (χ2v) is 4.04. The molecule has 0 saturated heterocycles. The number of nitrogens with zero attached hydrogens (tertiary/aromatic N) is 1. The van der Waals surface area contributed by atoms with Crippen LogP contribution in [0.25, 0.3) is 0 Å². The quantitative estimate of drug-likeness (QED) is 0.633. The van der Waals surface area contributed by atoms with Crippen molar-refractivity contribution in [3.05, 3.63) is 34.1 Å². The maximum Gasteiger partial charge on any atom is 0.305 e. The number of ether oxygens (including phenoxy) is 1. The van der Waals surface area contributed by atoms with Crippen molar-refractivity contribution in [3.63, 3.8) is 0 Å². The van der Waals surface area contributed by atoms with Gasteiger partial charge in [-0.25, -0.2) is 0 Å². The molecule has 1 aromatic carbocycles. The van der Waals surface area contributed by atoms with Crippen molar-refractivity contribution in [3.8, 4) is 5.75 Å². The van der Waals surface area contributed by atoms with Gasteiger partial charge in [0.1, 0.15) is 5.75 Å². The molecule has 0 fully saturated rings. The van der Waals surface area contributed by atoms with Crippen LogP contribution in [-0.2, 0) is 4.79 Å². The lowest BCUT2D eigenvalue weighted by atomic mass is 10.2. The number of halogens is 1. The fourth-order valence-electron chi connectivity index (χ4n) is 1.29. The van der Waals surface area contributed by atoms with E-state index >= 15 is 0 Å². The molecule has 0 heterocycles. The van der Waals surface area contributed by atoms with Crippen LogP contribution in [0.5, 0.6) is 5.75 Å². The van der Waals surface area contributed by atoms with Gasteiger partial charge in [-0.3, -0.25) is 14.9 Å². The molecule has 0 radical (unpaired) electrons. The van der Waals surface area contributed by atoms with Crippen LogP contribution >= 0.6 is 0 Å². The largest absolute Gasteiger partial charge is 0.484 e. The second-order valence-electron chi connectivity index (χ2n) is 4.04. The van der Waals surface area contributed by atoms with Crippen LogP contribution in [0.3, 0.4) is 0 Å². The maximum absolute atomic E-state index is 13.3. The summed E-state index contributed by atoms with van der Waals surface area (Å²) < 4.78 is 18.3. The van der Waals surface area contributed by atoms with Gasteiger partial charge in [-0.15, -0.1) is 0 Å². The third-order valence-electron chi connectivity index (χ3n) is 2.51. The molecule has 0 spiro atoms. The van der Waals surface area contributed by atoms with E-state index in [4.69, 9.17) is 4.74 Å². The standard InChI is InChI=1S/C12H15FN2O4/c1-3-8(2)14-12(16)7-19-9-4-5-11(15(17)18)10(13)6-9/h4-6,8H,3,7H2,1-2H3,(H,14,16). The molecule has 0 saturated carbocycles. The van der Waals surface area contributed by atoms with Crippen molar-refractivity contribution in [1.82, 2.24) is 5.32 Å². The minimum atomic E-state index is -0.996. The summed E-state index contributed by atoms with van der Waals surface area (Å²) in [6.45, 7) is 3.52. The van der Waals surface area contributed by atoms with Crippen molar-refractivity contribution in [2.24, 2.45) is 0 Å². The Kier molecular flexibility index (Phi) is 5.23. The lowest BCUT2D eigenvalue weighted by Crippen LogP contribution is -2.35. The molecular weight excluding hydrogens is 255 g/mol. The van der Waals surface area contributed by atoms with Gasteiger partial charge >= 0.3 is 5.69 Å². The number of carbonyl (C=O) groups excluding carboxylic acids is 1. The predicted octanol–water partition coefficient (Wildman–Crippen LogP) is 2.03. The van der Waals surface area contributed by atoms with Crippen LogP contribution in [0.2, 0.25) is 0 Å². The van der Waals surface area contributed by atoms with Crippen molar-refractivity contribution in [1.29, 1.82) is 0 Å². The van der Waals surface area contributed by atoms with E-state index in [1.54, 1.807) is 0 Å². The Morgan fingerprint density at radius 2 is 2.26 bits per heavy atom. The number of hydrogen-bond donors (Lipinski definition) is 1. The van der Waals surface area contributed by atoms with E-state index in [0.717, 1.165) is 18.6 Å². The molecule has 6 nitrogen and oxygen atoms in total. The Balaban J connectivity index is 2.57. The summed E-state index contributed by atoms with van der Waals surface area (Å²) in [5.74, 6) is -1.25. The van der Waals surface area contributed by atoms with Gasteiger partial charge in [-0.2, -0.15) is 4.39 Å². The second kappa shape index (κ2) is 6.67. The van der Waals surface area contributed by atoms with Crippen LogP contribution in [0.15, 0.2) is 18.2 Å². The van der Waals surface area contributed by atoms with Gasteiger partial charge in [0.2, 0.25) is 5.82 Å². The molecule has 1 N–H and O–H groups in total. The molecule has 0 aliphatic rings. The summed E-state index contributed by atoms with van der Waals surface area (Å²) >= 11 is 0. The molecule has 104 valence electrons. The summed E-state index contributed by atoms with van der Waals surface area (Å²) in [5, 5.41) is 13.1. The maximum atomic E-state index is 13.3. The number of rotatable bonds is 6. The molecular formula is C12H15FN2O4. The van der Waals surface area contributed by atoms with E-state index in [-0.39, 0.29) is 24.3 Å². The van der Waals surface area contributed by atoms with Gasteiger partial charge < -0.3 is 10.1 Å². The molecule has 1 unspecified atom stereocenters. The molecule has 19 heavy (non-hydrogen) atoms. The SMILES string of the molecule is CCC(C)NC(=O)COc1ccc([N+](=O)[O-])c(F)c1. The highest BCUT2D eigenvalue weighted by atomic mass is 19.1. The molecule has 7 heteroatoms. The number of carbonyl (C=O) groups is 1. The zero-order valence-electron chi connectivity index (χ0n) is 10.7. The van der Waals surface area contributed by atoms with Crippen LogP contribution in [-0.4, -0.2) is 23.5 Å². The van der Waals surface area contributed by atoms with Crippen LogP contribution in [0.1, 0.15) is 20.3 Å². The lowest BCUT2D eigenvalue weighted by molar-refractivity contribution is -0.387. The summed E-state index contributed by atoms with van der Waals surface area (Å²) in [4.78, 5) is 21.0. The highest BCUT2D eigenvalue weighted by molar-refractivity contribution is 5.77. The topological polar surface area (TPSA) is 81.5 Å². The first-order valence-corrected chi connectivity index (χ1v) is 5.80. The Morgan fingerprint density at radius 3 is 2.79 bits per heavy atom.